The van der Waals surface area contributed by atoms with Gasteiger partial charge in [-0.25, -0.2) is 4.68 Å². The summed E-state index contributed by atoms with van der Waals surface area (Å²) < 4.78 is 7.66. The molecule has 4 rings (SSSR count). The number of nitrogens with one attached hydrogen (secondary N) is 1. The number of nitriles is 1. The molecule has 2 aromatic carbocycles. The Hall–Kier alpha value is -4.11. The van der Waals surface area contributed by atoms with Crippen LogP contribution in [0.25, 0.3) is 34.2 Å². The predicted molar refractivity (Wildman–Crippen MR) is 106 cm³/mol. The molecule has 0 aliphatic heterocycles. The van der Waals surface area contributed by atoms with Gasteiger partial charge in [-0.15, -0.1) is 0 Å². The first-order chi connectivity index (χ1) is 13.7. The molecule has 2 aromatic heterocycles. The van der Waals surface area contributed by atoms with Crippen molar-refractivity contribution in [1.82, 2.24) is 15.1 Å². The van der Waals surface area contributed by atoms with Crippen molar-refractivity contribution in [2.24, 2.45) is 0 Å². The highest BCUT2D eigenvalue weighted by atomic mass is 16.3. The quantitative estimate of drug-likeness (QED) is 0.437. The van der Waals surface area contributed by atoms with Crippen LogP contribution in [-0.2, 0) is 4.79 Å². The zero-order valence-corrected chi connectivity index (χ0v) is 15.1. The van der Waals surface area contributed by atoms with Crippen LogP contribution >= 0.6 is 0 Å². The zero-order valence-electron chi connectivity index (χ0n) is 15.1. The predicted octanol–water partition coefficient (Wildman–Crippen LogP) is 3.94. The number of hydrogen-bond donors (Lipinski definition) is 1. The lowest BCUT2D eigenvalue weighted by molar-refractivity contribution is -0.116. The first-order valence-corrected chi connectivity index (χ1v) is 8.67. The highest BCUT2D eigenvalue weighted by molar-refractivity contribution is 6.02. The molecule has 4 aromatic rings. The molecule has 2 heterocycles. The van der Waals surface area contributed by atoms with Crippen LogP contribution in [0, 0.1) is 11.3 Å². The van der Waals surface area contributed by atoms with Gasteiger partial charge in [0, 0.05) is 24.2 Å². The second kappa shape index (κ2) is 7.25. The van der Waals surface area contributed by atoms with Crippen LogP contribution in [0.4, 0.5) is 0 Å². The number of hydrogen-bond acceptors (Lipinski definition) is 4. The van der Waals surface area contributed by atoms with Crippen LogP contribution in [0.15, 0.2) is 76.9 Å². The van der Waals surface area contributed by atoms with Gasteiger partial charge in [0.05, 0.1) is 5.69 Å². The number of benzene rings is 2. The first kappa shape index (κ1) is 17.3. The Labute approximate surface area is 161 Å². The Bertz CT molecular complexity index is 1190. The minimum absolute atomic E-state index is 0.00697. The number of amides is 1. The average molecular weight is 368 g/mol. The Morgan fingerprint density at radius 2 is 1.93 bits per heavy atom. The van der Waals surface area contributed by atoms with Gasteiger partial charge in [-0.05, 0) is 30.3 Å². The van der Waals surface area contributed by atoms with E-state index in [0.29, 0.717) is 17.0 Å². The molecule has 0 bridgehead atoms. The fourth-order valence-corrected chi connectivity index (χ4v) is 2.93. The van der Waals surface area contributed by atoms with Gasteiger partial charge in [0.25, 0.3) is 5.91 Å². The molecule has 6 nitrogen and oxygen atoms in total. The van der Waals surface area contributed by atoms with E-state index in [2.05, 4.69) is 10.4 Å². The molecule has 6 heteroatoms. The highest BCUT2D eigenvalue weighted by Crippen LogP contribution is 2.31. The van der Waals surface area contributed by atoms with E-state index in [9.17, 15) is 10.1 Å². The van der Waals surface area contributed by atoms with Crippen LogP contribution < -0.4 is 5.32 Å². The van der Waals surface area contributed by atoms with Crippen molar-refractivity contribution in [3.05, 3.63) is 78.0 Å². The van der Waals surface area contributed by atoms with Crippen LogP contribution in [-0.4, -0.2) is 22.7 Å². The van der Waals surface area contributed by atoms with Crippen molar-refractivity contribution < 1.29 is 9.21 Å². The summed E-state index contributed by atoms with van der Waals surface area (Å²) in [6.45, 7) is 0. The molecule has 28 heavy (non-hydrogen) atoms. The van der Waals surface area contributed by atoms with E-state index in [1.165, 1.54) is 13.1 Å². The molecule has 0 radical (unpaired) electrons. The fraction of sp³-hybridized carbons (Fsp3) is 0.0455. The molecule has 1 N–H and O–H groups in total. The smallest absolute Gasteiger partial charge is 0.261 e. The summed E-state index contributed by atoms with van der Waals surface area (Å²) >= 11 is 0. The summed E-state index contributed by atoms with van der Waals surface area (Å²) in [7, 11) is 1.49. The third-order valence-electron chi connectivity index (χ3n) is 4.31. The van der Waals surface area contributed by atoms with Gasteiger partial charge in [0.15, 0.2) is 5.76 Å². The molecular formula is C22H16N4O2. The largest absolute Gasteiger partial charge is 0.454 e. The Morgan fingerprint density at radius 1 is 1.18 bits per heavy atom. The van der Waals surface area contributed by atoms with E-state index in [-0.39, 0.29) is 5.57 Å². The van der Waals surface area contributed by atoms with Crippen LogP contribution in [0.3, 0.4) is 0 Å². The number of furan rings is 1. The van der Waals surface area contributed by atoms with Crippen molar-refractivity contribution >= 4 is 23.0 Å². The number of rotatable bonds is 4. The molecule has 0 fully saturated rings. The van der Waals surface area contributed by atoms with Gasteiger partial charge in [0.2, 0.25) is 0 Å². The van der Waals surface area contributed by atoms with Crippen molar-refractivity contribution in [3.63, 3.8) is 0 Å². The normalized spacial score (nSPS) is 11.4. The number of nitrogens with zero attached hydrogens (tertiary/aromatic N) is 3. The molecule has 0 saturated carbocycles. The Kier molecular flexibility index (Phi) is 4.48. The van der Waals surface area contributed by atoms with Gasteiger partial charge in [-0.2, -0.15) is 10.4 Å². The Morgan fingerprint density at radius 3 is 2.64 bits per heavy atom. The lowest BCUT2D eigenvalue weighted by atomic mass is 10.1. The van der Waals surface area contributed by atoms with Crippen molar-refractivity contribution in [2.45, 2.75) is 0 Å². The molecule has 0 saturated heterocycles. The van der Waals surface area contributed by atoms with Gasteiger partial charge in [-0.3, -0.25) is 4.79 Å². The number of likely N-dealkylation sites (N-methyl/N-ethyl adjacent to an activating group) is 1. The van der Waals surface area contributed by atoms with Gasteiger partial charge < -0.3 is 9.73 Å². The number of carbonyl (C=O) groups is 1. The molecular weight excluding hydrogens is 352 g/mol. The maximum absolute atomic E-state index is 12.0. The molecule has 0 atom stereocenters. The number of para-hydroxylation sites is 2. The van der Waals surface area contributed by atoms with E-state index in [1.807, 2.05) is 66.7 Å². The maximum Gasteiger partial charge on any atom is 0.261 e. The summed E-state index contributed by atoms with van der Waals surface area (Å²) in [6, 6.07) is 21.1. The van der Waals surface area contributed by atoms with E-state index in [1.54, 1.807) is 10.9 Å². The van der Waals surface area contributed by atoms with Gasteiger partial charge in [-0.1, -0.05) is 36.4 Å². The summed E-state index contributed by atoms with van der Waals surface area (Å²) in [5.74, 6) is 0.113. The number of carbonyl (C=O) groups excluding carboxylic acids is 1. The molecule has 136 valence electrons. The van der Waals surface area contributed by atoms with Crippen molar-refractivity contribution in [1.29, 1.82) is 5.26 Å². The van der Waals surface area contributed by atoms with Gasteiger partial charge in [0.1, 0.15) is 22.9 Å². The highest BCUT2D eigenvalue weighted by Gasteiger charge is 2.17. The third-order valence-corrected chi connectivity index (χ3v) is 4.31. The van der Waals surface area contributed by atoms with E-state index in [4.69, 9.17) is 4.42 Å². The van der Waals surface area contributed by atoms with Crippen LogP contribution in [0.5, 0.6) is 0 Å². The lowest BCUT2D eigenvalue weighted by Crippen LogP contribution is -2.19. The molecule has 0 spiro atoms. The summed E-state index contributed by atoms with van der Waals surface area (Å²) in [6.07, 6.45) is 3.30. The van der Waals surface area contributed by atoms with Crippen LogP contribution in [0.1, 0.15) is 5.56 Å². The van der Waals surface area contributed by atoms with E-state index < -0.39 is 5.91 Å². The summed E-state index contributed by atoms with van der Waals surface area (Å²) in [5.41, 5.74) is 2.76. The molecule has 0 unspecified atom stereocenters. The second-order valence-corrected chi connectivity index (χ2v) is 6.11. The number of aromatic nitrogens is 2. The first-order valence-electron chi connectivity index (χ1n) is 8.67. The van der Waals surface area contributed by atoms with E-state index in [0.717, 1.165) is 16.7 Å². The molecule has 1 amide bonds. The Balaban J connectivity index is 1.90. The SMILES string of the molecule is CNC(=O)C(C#N)=Cc1cn(-c2ccccc2)nc1-c1cc2ccccc2o1. The lowest BCUT2D eigenvalue weighted by Gasteiger charge is -1.98. The maximum atomic E-state index is 12.0. The minimum Gasteiger partial charge on any atom is -0.454 e. The van der Waals surface area contributed by atoms with Crippen molar-refractivity contribution in [3.8, 4) is 23.2 Å². The minimum atomic E-state index is -0.453. The summed E-state index contributed by atoms with van der Waals surface area (Å²) in [5, 5.41) is 17.4. The zero-order chi connectivity index (χ0) is 19.5. The van der Waals surface area contributed by atoms with Gasteiger partial charge >= 0.3 is 0 Å². The summed E-state index contributed by atoms with van der Waals surface area (Å²) in [4.78, 5) is 12.0. The fourth-order valence-electron chi connectivity index (χ4n) is 2.93. The topological polar surface area (TPSA) is 83.9 Å². The second-order valence-electron chi connectivity index (χ2n) is 6.11. The monoisotopic (exact) mass is 368 g/mol. The number of fused-ring (bicyclic) bond motifs is 1. The average Bonchev–Trinajstić information content (AvgIpc) is 3.36. The van der Waals surface area contributed by atoms with E-state index >= 15 is 0 Å². The standard InChI is InChI=1S/C22H16N4O2/c1-24-22(27)16(13-23)11-17-14-26(18-8-3-2-4-9-18)25-21(17)20-12-15-7-5-6-10-19(15)28-20/h2-12,14H,1H3,(H,24,27). The molecule has 0 aliphatic rings. The van der Waals surface area contributed by atoms with Crippen molar-refractivity contribution in [2.75, 3.05) is 7.05 Å². The van der Waals surface area contributed by atoms with Crippen LogP contribution in [0.2, 0.25) is 0 Å². The molecule has 0 aliphatic carbocycles. The third kappa shape index (κ3) is 3.17.